The van der Waals surface area contributed by atoms with E-state index in [0.29, 0.717) is 5.82 Å². The Morgan fingerprint density at radius 3 is 2.68 bits per heavy atom. The second kappa shape index (κ2) is 8.39. The predicted octanol–water partition coefficient (Wildman–Crippen LogP) is 2.63. The fourth-order valence-electron chi connectivity index (χ4n) is 3.32. The monoisotopic (exact) mass is 395 g/mol. The average molecular weight is 395 g/mol. The van der Waals surface area contributed by atoms with Crippen LogP contribution in [0.3, 0.4) is 0 Å². The van der Waals surface area contributed by atoms with Gasteiger partial charge in [-0.05, 0) is 31.2 Å². The molecule has 0 saturated carbocycles. The largest absolute Gasteiger partial charge is 0.356 e. The van der Waals surface area contributed by atoms with Gasteiger partial charge in [-0.25, -0.2) is 19.6 Å². The summed E-state index contributed by atoms with van der Waals surface area (Å²) < 4.78 is 1.61. The molecule has 3 aromatic rings. The van der Waals surface area contributed by atoms with Crippen molar-refractivity contribution in [3.63, 3.8) is 0 Å². The van der Waals surface area contributed by atoms with E-state index in [4.69, 9.17) is 0 Å². The molecule has 1 saturated heterocycles. The lowest BCUT2D eigenvalue weighted by atomic mass is 9.96. The normalized spacial score (nSPS) is 14.8. The molecule has 1 aromatic carbocycles. The van der Waals surface area contributed by atoms with Gasteiger partial charge in [-0.15, -0.1) is 11.8 Å². The number of thioether (sulfide) groups is 1. The molecular formula is C19H21N7OS. The van der Waals surface area contributed by atoms with Crippen LogP contribution in [-0.2, 0) is 4.79 Å². The van der Waals surface area contributed by atoms with Crippen LogP contribution in [-0.4, -0.2) is 50.0 Å². The van der Waals surface area contributed by atoms with Gasteiger partial charge in [0.05, 0.1) is 5.69 Å². The van der Waals surface area contributed by atoms with Gasteiger partial charge in [0.25, 0.3) is 0 Å². The molecule has 1 amide bonds. The molecule has 0 radical (unpaired) electrons. The van der Waals surface area contributed by atoms with Gasteiger partial charge in [-0.2, -0.15) is 5.10 Å². The summed E-state index contributed by atoms with van der Waals surface area (Å²) in [6.07, 6.45) is 8.20. The maximum Gasteiger partial charge on any atom is 0.227 e. The average Bonchev–Trinajstić information content (AvgIpc) is 3.29. The smallest absolute Gasteiger partial charge is 0.227 e. The highest BCUT2D eigenvalue weighted by molar-refractivity contribution is 7.98. The van der Waals surface area contributed by atoms with E-state index in [1.807, 2.05) is 36.6 Å². The number of nitrogens with one attached hydrogen (secondary N) is 1. The molecule has 4 rings (SSSR count). The molecule has 0 unspecified atom stereocenters. The summed E-state index contributed by atoms with van der Waals surface area (Å²) in [5.74, 6) is 1.61. The first-order valence-electron chi connectivity index (χ1n) is 9.10. The van der Waals surface area contributed by atoms with Crippen molar-refractivity contribution in [1.29, 1.82) is 0 Å². The number of aromatic nitrogens is 5. The van der Waals surface area contributed by atoms with Crippen LogP contribution in [0.25, 0.3) is 5.82 Å². The molecule has 0 bridgehead atoms. The van der Waals surface area contributed by atoms with E-state index in [0.717, 1.165) is 42.3 Å². The molecule has 9 heteroatoms. The SMILES string of the molecule is CSc1ccccc1NC(=O)C1CCN(c2cc(-n3cncn3)ncn2)CC1. The van der Waals surface area contributed by atoms with Crippen molar-refractivity contribution in [1.82, 2.24) is 24.7 Å². The van der Waals surface area contributed by atoms with Crippen LogP contribution in [0.4, 0.5) is 11.5 Å². The maximum atomic E-state index is 12.7. The zero-order chi connectivity index (χ0) is 19.3. The lowest BCUT2D eigenvalue weighted by Gasteiger charge is -2.32. The van der Waals surface area contributed by atoms with E-state index in [1.54, 1.807) is 22.8 Å². The third-order valence-corrected chi connectivity index (χ3v) is 5.64. The topological polar surface area (TPSA) is 88.8 Å². The quantitative estimate of drug-likeness (QED) is 0.664. The third-order valence-electron chi connectivity index (χ3n) is 4.85. The Morgan fingerprint density at radius 1 is 1.14 bits per heavy atom. The standard InChI is InChI=1S/C19H21N7OS/c1-28-16-5-3-2-4-15(16)24-19(27)14-6-8-25(9-7-14)17-10-18(22-12-21-17)26-13-20-11-23-26/h2-5,10-14H,6-9H2,1H3,(H,24,27). The number of carbonyl (C=O) groups excluding carboxylic acids is 1. The van der Waals surface area contributed by atoms with E-state index >= 15 is 0 Å². The van der Waals surface area contributed by atoms with Crippen LogP contribution in [0.5, 0.6) is 0 Å². The van der Waals surface area contributed by atoms with Crippen molar-refractivity contribution in [3.05, 3.63) is 49.3 Å². The maximum absolute atomic E-state index is 12.7. The summed E-state index contributed by atoms with van der Waals surface area (Å²) >= 11 is 1.63. The molecule has 0 spiro atoms. The van der Waals surface area contributed by atoms with Gasteiger partial charge in [0, 0.05) is 30.0 Å². The fourth-order valence-corrected chi connectivity index (χ4v) is 3.87. The first kappa shape index (κ1) is 18.4. The second-order valence-corrected chi connectivity index (χ2v) is 7.37. The van der Waals surface area contributed by atoms with Crippen molar-refractivity contribution < 1.29 is 4.79 Å². The van der Waals surface area contributed by atoms with E-state index in [9.17, 15) is 4.79 Å². The number of para-hydroxylation sites is 1. The number of amides is 1. The number of benzene rings is 1. The fraction of sp³-hybridized carbons (Fsp3) is 0.316. The van der Waals surface area contributed by atoms with Crippen LogP contribution in [0.2, 0.25) is 0 Å². The highest BCUT2D eigenvalue weighted by Gasteiger charge is 2.26. The molecule has 0 aliphatic carbocycles. The lowest BCUT2D eigenvalue weighted by Crippen LogP contribution is -2.38. The lowest BCUT2D eigenvalue weighted by molar-refractivity contribution is -0.120. The molecule has 2 aromatic heterocycles. The number of rotatable bonds is 5. The molecule has 28 heavy (non-hydrogen) atoms. The number of nitrogens with zero attached hydrogens (tertiary/aromatic N) is 6. The third kappa shape index (κ3) is 3.99. The molecule has 3 heterocycles. The van der Waals surface area contributed by atoms with E-state index in [2.05, 4.69) is 30.3 Å². The van der Waals surface area contributed by atoms with E-state index in [-0.39, 0.29) is 11.8 Å². The summed E-state index contributed by atoms with van der Waals surface area (Å²) in [7, 11) is 0. The van der Waals surface area contributed by atoms with Crippen molar-refractivity contribution in [2.75, 3.05) is 29.6 Å². The van der Waals surface area contributed by atoms with Crippen molar-refractivity contribution in [3.8, 4) is 5.82 Å². The molecule has 8 nitrogen and oxygen atoms in total. The van der Waals surface area contributed by atoms with Gasteiger partial charge < -0.3 is 10.2 Å². The Balaban J connectivity index is 1.38. The Morgan fingerprint density at radius 2 is 1.93 bits per heavy atom. The van der Waals surface area contributed by atoms with E-state index in [1.165, 1.54) is 12.7 Å². The Bertz CT molecular complexity index is 939. The zero-order valence-electron chi connectivity index (χ0n) is 15.5. The Hall–Kier alpha value is -2.94. The Kier molecular flexibility index (Phi) is 5.52. The highest BCUT2D eigenvalue weighted by Crippen LogP contribution is 2.27. The van der Waals surface area contributed by atoms with Crippen LogP contribution in [0.1, 0.15) is 12.8 Å². The van der Waals surface area contributed by atoms with Gasteiger partial charge in [0.2, 0.25) is 5.91 Å². The molecule has 1 N–H and O–H groups in total. The van der Waals surface area contributed by atoms with Crippen LogP contribution in [0, 0.1) is 5.92 Å². The highest BCUT2D eigenvalue weighted by atomic mass is 32.2. The summed E-state index contributed by atoms with van der Waals surface area (Å²) in [6, 6.07) is 9.79. The summed E-state index contributed by atoms with van der Waals surface area (Å²) in [4.78, 5) is 28.5. The van der Waals surface area contributed by atoms with Crippen molar-refractivity contribution in [2.24, 2.45) is 5.92 Å². The zero-order valence-corrected chi connectivity index (χ0v) is 16.3. The molecule has 1 aliphatic heterocycles. The summed E-state index contributed by atoms with van der Waals surface area (Å²) in [5, 5.41) is 7.20. The minimum Gasteiger partial charge on any atom is -0.356 e. The second-order valence-electron chi connectivity index (χ2n) is 6.53. The van der Waals surface area contributed by atoms with Gasteiger partial charge >= 0.3 is 0 Å². The van der Waals surface area contributed by atoms with Gasteiger partial charge in [-0.3, -0.25) is 4.79 Å². The molecule has 1 aliphatic rings. The van der Waals surface area contributed by atoms with E-state index < -0.39 is 0 Å². The molecule has 0 atom stereocenters. The minimum atomic E-state index is 0.00258. The number of hydrogen-bond acceptors (Lipinski definition) is 7. The number of hydrogen-bond donors (Lipinski definition) is 1. The minimum absolute atomic E-state index is 0.00258. The Labute approximate surface area is 167 Å². The number of piperidine rings is 1. The summed E-state index contributed by atoms with van der Waals surface area (Å²) in [5.41, 5.74) is 0.885. The van der Waals surface area contributed by atoms with Crippen molar-refractivity contribution >= 4 is 29.2 Å². The van der Waals surface area contributed by atoms with Gasteiger partial charge in [-0.1, -0.05) is 12.1 Å². The van der Waals surface area contributed by atoms with Gasteiger partial charge in [0.15, 0.2) is 5.82 Å². The predicted molar refractivity (Wildman–Crippen MR) is 109 cm³/mol. The summed E-state index contributed by atoms with van der Waals surface area (Å²) in [6.45, 7) is 1.55. The van der Waals surface area contributed by atoms with Crippen molar-refractivity contribution in [2.45, 2.75) is 17.7 Å². The molecule has 1 fully saturated rings. The first-order chi connectivity index (χ1) is 13.7. The first-order valence-corrected chi connectivity index (χ1v) is 10.3. The molecular weight excluding hydrogens is 374 g/mol. The van der Waals surface area contributed by atoms with Crippen LogP contribution >= 0.6 is 11.8 Å². The van der Waals surface area contributed by atoms with Crippen LogP contribution in [0.15, 0.2) is 54.2 Å². The van der Waals surface area contributed by atoms with Gasteiger partial charge in [0.1, 0.15) is 24.8 Å². The number of anilines is 2. The van der Waals surface area contributed by atoms with Crippen LogP contribution < -0.4 is 10.2 Å². The number of carbonyl (C=O) groups is 1. The molecule has 144 valence electrons.